The first-order valence-corrected chi connectivity index (χ1v) is 10.5. The van der Waals surface area contributed by atoms with E-state index in [0.29, 0.717) is 12.1 Å². The molecule has 0 saturated heterocycles. The van der Waals surface area contributed by atoms with E-state index in [0.717, 1.165) is 16.8 Å². The Hall–Kier alpha value is -3.08. The third-order valence-corrected chi connectivity index (χ3v) is 6.01. The molecule has 2 aromatic rings. The number of aryl methyl sites for hydroxylation is 1. The van der Waals surface area contributed by atoms with Crippen LogP contribution >= 0.6 is 0 Å². The van der Waals surface area contributed by atoms with Gasteiger partial charge in [0.15, 0.2) is 11.4 Å². The van der Waals surface area contributed by atoms with Gasteiger partial charge in [0.2, 0.25) is 10.0 Å². The molecule has 3 rings (SSSR count). The van der Waals surface area contributed by atoms with E-state index >= 15 is 0 Å². The number of halogens is 4. The van der Waals surface area contributed by atoms with E-state index in [4.69, 9.17) is 4.74 Å². The quantitative estimate of drug-likeness (QED) is 0.464. The average molecular weight is 475 g/mol. The first kappa shape index (κ1) is 23.6. The molecule has 1 aliphatic heterocycles. The van der Waals surface area contributed by atoms with Crippen molar-refractivity contribution < 1.29 is 40.6 Å². The van der Waals surface area contributed by atoms with Crippen LogP contribution in [0.4, 0.5) is 23.2 Å². The molecular weight excluding hydrogens is 458 g/mol. The Morgan fingerprint density at radius 3 is 2.72 bits per heavy atom. The average Bonchev–Trinajstić information content (AvgIpc) is 2.96. The summed E-state index contributed by atoms with van der Waals surface area (Å²) >= 11 is 0. The molecule has 2 atom stereocenters. The number of ether oxygens (including phenoxy) is 1. The molecule has 1 aromatic heterocycles. The van der Waals surface area contributed by atoms with Crippen LogP contribution in [-0.4, -0.2) is 42.8 Å². The summed E-state index contributed by atoms with van der Waals surface area (Å²) in [5.74, 6) is 1.99. The van der Waals surface area contributed by atoms with Crippen LogP contribution in [0, 0.1) is 17.7 Å². The summed E-state index contributed by atoms with van der Waals surface area (Å²) < 4.78 is 86.5. The number of aliphatic hydroxyl groups excluding tert-OH is 1. The third-order valence-electron chi connectivity index (χ3n) is 4.52. The first-order valence-electron chi connectivity index (χ1n) is 8.98. The van der Waals surface area contributed by atoms with Crippen LogP contribution in [0.1, 0.15) is 23.0 Å². The van der Waals surface area contributed by atoms with Gasteiger partial charge in [-0.2, -0.15) is 13.2 Å². The van der Waals surface area contributed by atoms with Crippen molar-refractivity contribution in [2.75, 3.05) is 11.9 Å². The Labute approximate surface area is 180 Å². The molecule has 172 valence electrons. The molecule has 0 spiro atoms. The number of benzene rings is 1. The maximum atomic E-state index is 13.5. The summed E-state index contributed by atoms with van der Waals surface area (Å²) in [6.07, 6.45) is -5.28. The molecule has 0 fully saturated rings. The highest BCUT2D eigenvalue weighted by atomic mass is 32.2. The number of nitrogens with zero attached hydrogens (tertiary/aromatic N) is 1. The number of hydrogen-bond acceptors (Lipinski definition) is 5. The van der Waals surface area contributed by atoms with Gasteiger partial charge in [0.25, 0.3) is 5.91 Å². The van der Waals surface area contributed by atoms with Gasteiger partial charge in [-0.25, -0.2) is 17.5 Å². The minimum atomic E-state index is -4.98. The highest BCUT2D eigenvalue weighted by Crippen LogP contribution is 2.35. The second-order valence-corrected chi connectivity index (χ2v) is 8.49. The molecule has 3 N–H and O–H groups in total. The molecular formula is C19H17F4N3O5S. The maximum Gasteiger partial charge on any atom is 0.419 e. The predicted octanol–water partition coefficient (Wildman–Crippen LogP) is 1.86. The van der Waals surface area contributed by atoms with Crippen LogP contribution in [-0.2, 0) is 23.2 Å². The lowest BCUT2D eigenvalue weighted by molar-refractivity contribution is -0.139. The van der Waals surface area contributed by atoms with Crippen molar-refractivity contribution in [1.29, 1.82) is 0 Å². The molecule has 8 nitrogen and oxygen atoms in total. The number of nitrogens with one attached hydrogen (secondary N) is 2. The van der Waals surface area contributed by atoms with E-state index in [-0.39, 0.29) is 23.7 Å². The number of aliphatic hydroxyl groups is 1. The minimum absolute atomic E-state index is 0.306. The van der Waals surface area contributed by atoms with Crippen LogP contribution < -0.4 is 14.8 Å². The lowest BCUT2D eigenvalue weighted by Gasteiger charge is -2.17. The number of rotatable bonds is 3. The van der Waals surface area contributed by atoms with Gasteiger partial charge < -0.3 is 19.7 Å². The lowest BCUT2D eigenvalue weighted by atomic mass is 10.1. The number of alkyl halides is 3. The standard InChI is InChI=1S/C19H17F4N3O5S/c1-3-4-14(27)13-9-31-17-15(32(29,30)25-13)8-26(2)16(17)18(28)24-10-5-6-12(20)11(7-10)19(21,22)23/h5-8,13-14,25,27H,9H2,1-2H3,(H,24,28)/t13-,14-/m1/s1. The number of fused-ring (bicyclic) bond motifs is 1. The predicted molar refractivity (Wildman–Crippen MR) is 104 cm³/mol. The lowest BCUT2D eigenvalue weighted by Crippen LogP contribution is -2.45. The first-order chi connectivity index (χ1) is 14.8. The van der Waals surface area contributed by atoms with Crippen molar-refractivity contribution in [3.63, 3.8) is 0 Å². The van der Waals surface area contributed by atoms with Crippen LogP contribution in [0.5, 0.6) is 5.75 Å². The molecule has 1 amide bonds. The Bertz CT molecular complexity index is 1230. The van der Waals surface area contributed by atoms with Crippen molar-refractivity contribution >= 4 is 21.6 Å². The molecule has 0 saturated carbocycles. The number of aromatic nitrogens is 1. The summed E-state index contributed by atoms with van der Waals surface area (Å²) in [4.78, 5) is 12.4. The summed E-state index contributed by atoms with van der Waals surface area (Å²) in [5.41, 5.74) is -2.24. The topological polar surface area (TPSA) is 110 Å². The van der Waals surface area contributed by atoms with E-state index in [9.17, 15) is 35.9 Å². The second-order valence-electron chi connectivity index (χ2n) is 6.81. The van der Waals surface area contributed by atoms with Crippen molar-refractivity contribution in [2.24, 2.45) is 7.05 Å². The Morgan fingerprint density at radius 1 is 1.41 bits per heavy atom. The molecule has 0 aliphatic carbocycles. The highest BCUT2D eigenvalue weighted by molar-refractivity contribution is 7.89. The van der Waals surface area contributed by atoms with Gasteiger partial charge in [0.05, 0.1) is 11.6 Å². The fourth-order valence-corrected chi connectivity index (χ4v) is 4.47. The van der Waals surface area contributed by atoms with E-state index in [1.54, 1.807) is 0 Å². The normalized spacial score (nSPS) is 18.4. The second kappa shape index (κ2) is 8.45. The molecule has 0 radical (unpaired) electrons. The van der Waals surface area contributed by atoms with Gasteiger partial charge in [-0.05, 0) is 25.1 Å². The highest BCUT2D eigenvalue weighted by Gasteiger charge is 2.37. The smallest absolute Gasteiger partial charge is 0.419 e. The summed E-state index contributed by atoms with van der Waals surface area (Å²) in [7, 11) is -2.90. The van der Waals surface area contributed by atoms with Gasteiger partial charge in [-0.15, -0.1) is 5.92 Å². The number of carbonyl (C=O) groups is 1. The van der Waals surface area contributed by atoms with Crippen molar-refractivity contribution in [3.8, 4) is 17.6 Å². The Kier molecular flexibility index (Phi) is 6.23. The zero-order valence-electron chi connectivity index (χ0n) is 16.6. The molecule has 0 unspecified atom stereocenters. The van der Waals surface area contributed by atoms with Crippen LogP contribution in [0.25, 0.3) is 0 Å². The molecule has 32 heavy (non-hydrogen) atoms. The van der Waals surface area contributed by atoms with E-state index in [2.05, 4.69) is 21.9 Å². The van der Waals surface area contributed by atoms with Gasteiger partial charge in [-0.1, -0.05) is 5.92 Å². The molecule has 0 bridgehead atoms. The number of sulfonamides is 1. The zero-order valence-corrected chi connectivity index (χ0v) is 17.4. The van der Waals surface area contributed by atoms with Crippen molar-refractivity contribution in [1.82, 2.24) is 9.29 Å². The SMILES string of the molecule is CC#C[C@@H](O)[C@H]1COc2c(cn(C)c2C(=O)Nc2ccc(F)c(C(F)(F)F)c2)S(=O)(=O)N1. The monoisotopic (exact) mass is 475 g/mol. The van der Waals surface area contributed by atoms with Gasteiger partial charge >= 0.3 is 6.18 Å². The number of amides is 1. The molecule has 1 aliphatic rings. The van der Waals surface area contributed by atoms with E-state index in [1.807, 2.05) is 0 Å². The van der Waals surface area contributed by atoms with Crippen LogP contribution in [0.15, 0.2) is 29.3 Å². The summed E-state index contributed by atoms with van der Waals surface area (Å²) in [6.45, 7) is 1.08. The van der Waals surface area contributed by atoms with Gasteiger partial charge in [-0.3, -0.25) is 4.79 Å². The van der Waals surface area contributed by atoms with Gasteiger partial charge in [0.1, 0.15) is 23.4 Å². The minimum Gasteiger partial charge on any atom is -0.488 e. The van der Waals surface area contributed by atoms with Crippen molar-refractivity contribution in [2.45, 2.75) is 30.1 Å². The van der Waals surface area contributed by atoms with Crippen LogP contribution in [0.3, 0.4) is 0 Å². The van der Waals surface area contributed by atoms with E-state index in [1.165, 1.54) is 14.0 Å². The zero-order chi connectivity index (χ0) is 23.8. The number of carbonyl (C=O) groups excluding carboxylic acids is 1. The van der Waals surface area contributed by atoms with Crippen molar-refractivity contribution in [3.05, 3.63) is 41.5 Å². The van der Waals surface area contributed by atoms with E-state index < -0.39 is 50.5 Å². The Morgan fingerprint density at radius 2 is 2.09 bits per heavy atom. The third kappa shape index (κ3) is 4.57. The Balaban J connectivity index is 1.96. The van der Waals surface area contributed by atoms with Crippen LogP contribution in [0.2, 0.25) is 0 Å². The largest absolute Gasteiger partial charge is 0.488 e. The summed E-state index contributed by atoms with van der Waals surface area (Å²) in [6, 6.07) is 0.769. The molecule has 1 aromatic carbocycles. The summed E-state index contributed by atoms with van der Waals surface area (Å²) in [5, 5.41) is 12.2. The number of anilines is 1. The fraction of sp³-hybridized carbons (Fsp3) is 0.316. The fourth-order valence-electron chi connectivity index (χ4n) is 3.05. The molecule has 2 heterocycles. The van der Waals surface area contributed by atoms with Gasteiger partial charge in [0, 0.05) is 18.9 Å². The molecule has 13 heteroatoms. The number of hydrogen-bond donors (Lipinski definition) is 3. The maximum absolute atomic E-state index is 13.5.